The third-order valence-corrected chi connectivity index (χ3v) is 4.98. The van der Waals surface area contributed by atoms with Crippen molar-refractivity contribution in [3.05, 3.63) is 58.7 Å². The molecule has 0 spiro atoms. The molecule has 0 bridgehead atoms. The van der Waals surface area contributed by atoms with Crippen molar-refractivity contribution < 1.29 is 9.47 Å². The van der Waals surface area contributed by atoms with Gasteiger partial charge in [0.1, 0.15) is 11.5 Å². The standard InChI is InChI=1S/C21H28N2O2/c1-15-5-6-16(2)18(13-15)21(23-11-9-22-10-12-23)19-14-17(24-3)7-8-20(19)25-4/h5-8,13-14,21-22H,9-12H2,1-4H3. The molecule has 1 saturated heterocycles. The van der Waals surface area contributed by atoms with E-state index in [2.05, 4.69) is 48.3 Å². The number of ether oxygens (including phenoxy) is 2. The minimum atomic E-state index is 0.159. The summed E-state index contributed by atoms with van der Waals surface area (Å²) in [6.45, 7) is 8.38. The molecule has 0 saturated carbocycles. The number of piperazine rings is 1. The lowest BCUT2D eigenvalue weighted by Gasteiger charge is -2.37. The second kappa shape index (κ2) is 7.89. The molecule has 1 fully saturated rings. The van der Waals surface area contributed by atoms with E-state index in [1.54, 1.807) is 14.2 Å². The molecule has 4 nitrogen and oxygen atoms in total. The summed E-state index contributed by atoms with van der Waals surface area (Å²) in [6, 6.07) is 12.9. The number of rotatable bonds is 5. The second-order valence-corrected chi connectivity index (χ2v) is 6.66. The second-order valence-electron chi connectivity index (χ2n) is 6.66. The van der Waals surface area contributed by atoms with Crippen LogP contribution in [0.25, 0.3) is 0 Å². The number of methoxy groups -OCH3 is 2. The molecule has 1 N–H and O–H groups in total. The summed E-state index contributed by atoms with van der Waals surface area (Å²) in [4.78, 5) is 2.54. The predicted molar refractivity (Wildman–Crippen MR) is 102 cm³/mol. The van der Waals surface area contributed by atoms with Crippen molar-refractivity contribution in [3.63, 3.8) is 0 Å². The zero-order valence-electron chi connectivity index (χ0n) is 15.6. The van der Waals surface area contributed by atoms with Gasteiger partial charge in [0.15, 0.2) is 0 Å². The topological polar surface area (TPSA) is 33.7 Å². The fraction of sp³-hybridized carbons (Fsp3) is 0.429. The molecular formula is C21H28N2O2. The molecule has 0 aromatic heterocycles. The average Bonchev–Trinajstić information content (AvgIpc) is 2.65. The van der Waals surface area contributed by atoms with Crippen LogP contribution in [0.4, 0.5) is 0 Å². The smallest absolute Gasteiger partial charge is 0.124 e. The van der Waals surface area contributed by atoms with Gasteiger partial charge >= 0.3 is 0 Å². The summed E-state index contributed by atoms with van der Waals surface area (Å²) in [5.74, 6) is 1.77. The summed E-state index contributed by atoms with van der Waals surface area (Å²) >= 11 is 0. The van der Waals surface area contributed by atoms with E-state index in [9.17, 15) is 0 Å². The van der Waals surface area contributed by atoms with Gasteiger partial charge in [-0.05, 0) is 43.2 Å². The Morgan fingerprint density at radius 2 is 1.68 bits per heavy atom. The van der Waals surface area contributed by atoms with Crippen LogP contribution < -0.4 is 14.8 Å². The minimum absolute atomic E-state index is 0.159. The van der Waals surface area contributed by atoms with E-state index in [4.69, 9.17) is 9.47 Å². The van der Waals surface area contributed by atoms with E-state index < -0.39 is 0 Å². The molecule has 1 heterocycles. The summed E-state index contributed by atoms with van der Waals surface area (Å²) < 4.78 is 11.2. The minimum Gasteiger partial charge on any atom is -0.497 e. The van der Waals surface area contributed by atoms with Crippen LogP contribution in [0.1, 0.15) is 28.3 Å². The van der Waals surface area contributed by atoms with Crippen molar-refractivity contribution in [2.45, 2.75) is 19.9 Å². The number of hydrogen-bond donors (Lipinski definition) is 1. The quantitative estimate of drug-likeness (QED) is 0.905. The highest BCUT2D eigenvalue weighted by molar-refractivity contribution is 5.48. The number of nitrogens with zero attached hydrogens (tertiary/aromatic N) is 1. The van der Waals surface area contributed by atoms with Crippen LogP contribution in [0.15, 0.2) is 36.4 Å². The molecule has 4 heteroatoms. The summed E-state index contributed by atoms with van der Waals surface area (Å²) in [5, 5.41) is 3.45. The average molecular weight is 340 g/mol. The summed E-state index contributed by atoms with van der Waals surface area (Å²) in [5.41, 5.74) is 5.09. The maximum atomic E-state index is 5.71. The SMILES string of the molecule is COc1ccc(OC)c(C(c2cc(C)ccc2C)N2CCNCC2)c1. The molecular weight excluding hydrogens is 312 g/mol. The number of hydrogen-bond acceptors (Lipinski definition) is 4. The molecule has 1 aliphatic rings. The van der Waals surface area contributed by atoms with Crippen LogP contribution in [0.5, 0.6) is 11.5 Å². The van der Waals surface area contributed by atoms with Crippen LogP contribution in [-0.4, -0.2) is 45.3 Å². The van der Waals surface area contributed by atoms with E-state index in [0.717, 1.165) is 43.2 Å². The summed E-state index contributed by atoms with van der Waals surface area (Å²) in [6.07, 6.45) is 0. The van der Waals surface area contributed by atoms with Crippen LogP contribution in [0.2, 0.25) is 0 Å². The molecule has 0 radical (unpaired) electrons. The molecule has 2 aromatic carbocycles. The van der Waals surface area contributed by atoms with Gasteiger partial charge < -0.3 is 14.8 Å². The van der Waals surface area contributed by atoms with E-state index in [1.807, 2.05) is 12.1 Å². The van der Waals surface area contributed by atoms with Crippen molar-refractivity contribution in [1.82, 2.24) is 10.2 Å². The first-order valence-corrected chi connectivity index (χ1v) is 8.88. The molecule has 1 unspecified atom stereocenters. The number of aryl methyl sites for hydroxylation is 2. The predicted octanol–water partition coefficient (Wildman–Crippen LogP) is 3.32. The van der Waals surface area contributed by atoms with Crippen molar-refractivity contribution in [2.24, 2.45) is 0 Å². The Hall–Kier alpha value is -2.04. The Morgan fingerprint density at radius 3 is 2.36 bits per heavy atom. The molecule has 1 atom stereocenters. The van der Waals surface area contributed by atoms with Crippen LogP contribution in [0, 0.1) is 13.8 Å². The zero-order valence-corrected chi connectivity index (χ0v) is 15.6. The maximum Gasteiger partial charge on any atom is 0.124 e. The highest BCUT2D eigenvalue weighted by Crippen LogP contribution is 2.38. The molecule has 3 rings (SSSR count). The zero-order chi connectivity index (χ0) is 17.8. The van der Waals surface area contributed by atoms with Crippen molar-refractivity contribution in [2.75, 3.05) is 40.4 Å². The lowest BCUT2D eigenvalue weighted by atomic mass is 9.91. The van der Waals surface area contributed by atoms with Gasteiger partial charge in [-0.3, -0.25) is 4.90 Å². The molecule has 2 aromatic rings. The molecule has 0 aliphatic carbocycles. The van der Waals surface area contributed by atoms with Crippen LogP contribution in [-0.2, 0) is 0 Å². The Morgan fingerprint density at radius 1 is 0.920 bits per heavy atom. The molecule has 1 aliphatic heterocycles. The fourth-order valence-corrected chi connectivity index (χ4v) is 3.61. The highest BCUT2D eigenvalue weighted by atomic mass is 16.5. The van der Waals surface area contributed by atoms with Gasteiger partial charge in [0.05, 0.1) is 20.3 Å². The van der Waals surface area contributed by atoms with Crippen molar-refractivity contribution >= 4 is 0 Å². The first kappa shape index (κ1) is 17.8. The first-order chi connectivity index (χ1) is 12.1. The lowest BCUT2D eigenvalue weighted by molar-refractivity contribution is 0.194. The molecule has 0 amide bonds. The fourth-order valence-electron chi connectivity index (χ4n) is 3.61. The van der Waals surface area contributed by atoms with Gasteiger partial charge in [0.25, 0.3) is 0 Å². The third kappa shape index (κ3) is 3.80. The Labute approximate surface area is 150 Å². The van der Waals surface area contributed by atoms with E-state index in [0.29, 0.717) is 0 Å². The van der Waals surface area contributed by atoms with E-state index >= 15 is 0 Å². The van der Waals surface area contributed by atoms with Gasteiger partial charge in [0.2, 0.25) is 0 Å². The number of benzene rings is 2. The summed E-state index contributed by atoms with van der Waals surface area (Å²) in [7, 11) is 3.45. The van der Waals surface area contributed by atoms with Gasteiger partial charge in [-0.2, -0.15) is 0 Å². The lowest BCUT2D eigenvalue weighted by Crippen LogP contribution is -2.45. The van der Waals surface area contributed by atoms with Gasteiger partial charge in [0, 0.05) is 31.7 Å². The van der Waals surface area contributed by atoms with Crippen LogP contribution >= 0.6 is 0 Å². The first-order valence-electron chi connectivity index (χ1n) is 8.88. The van der Waals surface area contributed by atoms with E-state index in [1.165, 1.54) is 16.7 Å². The van der Waals surface area contributed by atoms with Crippen molar-refractivity contribution in [3.8, 4) is 11.5 Å². The van der Waals surface area contributed by atoms with Crippen molar-refractivity contribution in [1.29, 1.82) is 0 Å². The van der Waals surface area contributed by atoms with Crippen LogP contribution in [0.3, 0.4) is 0 Å². The van der Waals surface area contributed by atoms with Gasteiger partial charge in [-0.25, -0.2) is 0 Å². The third-order valence-electron chi connectivity index (χ3n) is 4.98. The normalized spacial score (nSPS) is 16.5. The van der Waals surface area contributed by atoms with E-state index in [-0.39, 0.29) is 6.04 Å². The Balaban J connectivity index is 2.15. The number of nitrogens with one attached hydrogen (secondary N) is 1. The Bertz CT molecular complexity index is 724. The monoisotopic (exact) mass is 340 g/mol. The largest absolute Gasteiger partial charge is 0.497 e. The highest BCUT2D eigenvalue weighted by Gasteiger charge is 2.28. The molecule has 134 valence electrons. The molecule has 25 heavy (non-hydrogen) atoms. The van der Waals surface area contributed by atoms with Gasteiger partial charge in [-0.1, -0.05) is 23.8 Å². The maximum absolute atomic E-state index is 5.71. The Kier molecular flexibility index (Phi) is 5.61. The van der Waals surface area contributed by atoms with Gasteiger partial charge in [-0.15, -0.1) is 0 Å².